The second-order valence-corrected chi connectivity index (χ2v) is 2.67. The molecule has 3 nitrogen and oxygen atoms in total. The minimum absolute atomic E-state index is 0.0278. The zero-order valence-electron chi connectivity index (χ0n) is 5.72. The van der Waals surface area contributed by atoms with Gasteiger partial charge in [0.25, 0.3) is 0 Å². The van der Waals surface area contributed by atoms with Crippen LogP contribution in [0, 0.1) is 0 Å². The Morgan fingerprint density at radius 1 is 1.78 bits per heavy atom. The second kappa shape index (κ2) is 1.70. The number of hydrogen-bond donors (Lipinski definition) is 1. The van der Waals surface area contributed by atoms with Gasteiger partial charge in [-0.2, -0.15) is 0 Å². The van der Waals surface area contributed by atoms with Gasteiger partial charge in [0.15, 0.2) is 0 Å². The lowest BCUT2D eigenvalue weighted by Crippen LogP contribution is -2.39. The van der Waals surface area contributed by atoms with E-state index in [9.17, 15) is 9.90 Å². The van der Waals surface area contributed by atoms with Crippen LogP contribution in [0.5, 0.6) is 0 Å². The summed E-state index contributed by atoms with van der Waals surface area (Å²) in [5.41, 5.74) is -0.892. The summed E-state index contributed by atoms with van der Waals surface area (Å²) >= 11 is 0. The van der Waals surface area contributed by atoms with E-state index in [0.717, 1.165) is 0 Å². The highest BCUT2D eigenvalue weighted by atomic mass is 16.3. The van der Waals surface area contributed by atoms with E-state index in [1.807, 2.05) is 0 Å². The number of likely N-dealkylation sites (tertiary alicyclic amines) is 1. The van der Waals surface area contributed by atoms with E-state index in [-0.39, 0.29) is 5.91 Å². The highest BCUT2D eigenvalue weighted by molar-refractivity contribution is 5.78. The molecule has 1 fully saturated rings. The third kappa shape index (κ3) is 0.920. The topological polar surface area (TPSA) is 40.5 Å². The lowest BCUT2D eigenvalue weighted by Gasteiger charge is -2.25. The summed E-state index contributed by atoms with van der Waals surface area (Å²) in [5, 5.41) is 9.34. The van der Waals surface area contributed by atoms with Gasteiger partial charge >= 0.3 is 0 Å². The van der Waals surface area contributed by atoms with Crippen molar-refractivity contribution in [2.75, 3.05) is 7.05 Å². The Bertz CT molecular complexity index is 142. The van der Waals surface area contributed by atoms with Crippen molar-refractivity contribution in [1.82, 2.24) is 4.90 Å². The molecule has 0 spiro atoms. The van der Waals surface area contributed by atoms with Crippen LogP contribution in [0.4, 0.5) is 0 Å². The molecule has 1 aliphatic heterocycles. The molecule has 0 bridgehead atoms. The molecule has 3 heteroatoms. The number of nitrogens with zero attached hydrogens (tertiary/aromatic N) is 1. The Morgan fingerprint density at radius 3 is 2.44 bits per heavy atom. The Balaban J connectivity index is 2.73. The van der Waals surface area contributed by atoms with Crippen LogP contribution in [0.2, 0.25) is 0 Å². The van der Waals surface area contributed by atoms with E-state index in [1.54, 1.807) is 14.0 Å². The normalized spacial score (nSPS) is 35.9. The Labute approximate surface area is 54.3 Å². The average Bonchev–Trinajstić information content (AvgIpc) is 1.97. The summed E-state index contributed by atoms with van der Waals surface area (Å²) < 4.78 is 0. The zero-order chi connectivity index (χ0) is 7.07. The smallest absolute Gasteiger partial charge is 0.224 e. The van der Waals surface area contributed by atoms with Crippen LogP contribution in [-0.2, 0) is 4.79 Å². The monoisotopic (exact) mass is 129 g/mol. The first-order chi connectivity index (χ1) is 4.04. The quantitative estimate of drug-likeness (QED) is 0.498. The molecule has 1 rings (SSSR count). The van der Waals surface area contributed by atoms with E-state index < -0.39 is 5.72 Å². The van der Waals surface area contributed by atoms with Crippen molar-refractivity contribution in [3.63, 3.8) is 0 Å². The van der Waals surface area contributed by atoms with Crippen LogP contribution in [-0.4, -0.2) is 28.7 Å². The third-order valence-electron chi connectivity index (χ3n) is 1.91. The lowest BCUT2D eigenvalue weighted by atomic mass is 10.2. The van der Waals surface area contributed by atoms with E-state index in [1.165, 1.54) is 4.90 Å². The number of amides is 1. The molecular formula is C6H11NO2. The summed E-state index contributed by atoms with van der Waals surface area (Å²) in [6, 6.07) is 0. The predicted molar refractivity (Wildman–Crippen MR) is 32.6 cm³/mol. The summed E-state index contributed by atoms with van der Waals surface area (Å²) in [4.78, 5) is 12.1. The molecule has 0 aromatic carbocycles. The van der Waals surface area contributed by atoms with E-state index >= 15 is 0 Å². The maximum atomic E-state index is 10.8. The molecule has 1 N–H and O–H groups in total. The highest BCUT2D eigenvalue weighted by Gasteiger charge is 2.36. The van der Waals surface area contributed by atoms with Crippen molar-refractivity contribution < 1.29 is 9.90 Å². The van der Waals surface area contributed by atoms with Crippen LogP contribution < -0.4 is 0 Å². The Kier molecular flexibility index (Phi) is 1.24. The minimum Gasteiger partial charge on any atom is -0.371 e. The molecule has 0 aromatic rings. The van der Waals surface area contributed by atoms with Gasteiger partial charge in [0.05, 0.1) is 0 Å². The van der Waals surface area contributed by atoms with Gasteiger partial charge in [-0.25, -0.2) is 0 Å². The van der Waals surface area contributed by atoms with E-state index in [0.29, 0.717) is 12.8 Å². The van der Waals surface area contributed by atoms with Gasteiger partial charge in [-0.1, -0.05) is 0 Å². The first-order valence-electron chi connectivity index (χ1n) is 3.03. The first kappa shape index (κ1) is 6.55. The summed E-state index contributed by atoms with van der Waals surface area (Å²) in [6.45, 7) is 1.65. The molecule has 1 saturated heterocycles. The SMILES string of the molecule is CN1C(=O)CCC1(C)O. The first-order valence-corrected chi connectivity index (χ1v) is 3.03. The maximum absolute atomic E-state index is 10.8. The average molecular weight is 129 g/mol. The van der Waals surface area contributed by atoms with Gasteiger partial charge in [-0.15, -0.1) is 0 Å². The molecule has 9 heavy (non-hydrogen) atoms. The maximum Gasteiger partial charge on any atom is 0.224 e. The molecule has 1 unspecified atom stereocenters. The standard InChI is InChI=1S/C6H11NO2/c1-6(9)4-3-5(8)7(6)2/h9H,3-4H2,1-2H3. The van der Waals surface area contributed by atoms with Gasteiger partial charge in [-0.3, -0.25) is 4.79 Å². The van der Waals surface area contributed by atoms with Gasteiger partial charge in [0.1, 0.15) is 5.72 Å². The van der Waals surface area contributed by atoms with Crippen molar-refractivity contribution >= 4 is 5.91 Å². The second-order valence-electron chi connectivity index (χ2n) is 2.67. The van der Waals surface area contributed by atoms with Crippen molar-refractivity contribution in [3.05, 3.63) is 0 Å². The number of carbonyl (C=O) groups is 1. The molecule has 1 amide bonds. The number of hydrogen-bond acceptors (Lipinski definition) is 2. The summed E-state index contributed by atoms with van der Waals surface area (Å²) in [5.74, 6) is 0.0278. The van der Waals surface area contributed by atoms with Crippen LogP contribution >= 0.6 is 0 Å². The van der Waals surface area contributed by atoms with E-state index in [2.05, 4.69) is 0 Å². The minimum atomic E-state index is -0.892. The number of carbonyl (C=O) groups excluding carboxylic acids is 1. The molecule has 1 atom stereocenters. The van der Waals surface area contributed by atoms with Crippen molar-refractivity contribution in [3.8, 4) is 0 Å². The molecular weight excluding hydrogens is 118 g/mol. The van der Waals surface area contributed by atoms with Crippen LogP contribution in [0.3, 0.4) is 0 Å². The fraction of sp³-hybridized carbons (Fsp3) is 0.833. The van der Waals surface area contributed by atoms with Crippen LogP contribution in [0.1, 0.15) is 19.8 Å². The van der Waals surface area contributed by atoms with Gasteiger partial charge in [0, 0.05) is 19.9 Å². The Morgan fingerprint density at radius 2 is 2.33 bits per heavy atom. The molecule has 1 aliphatic rings. The highest BCUT2D eigenvalue weighted by Crippen LogP contribution is 2.24. The van der Waals surface area contributed by atoms with Gasteiger partial charge < -0.3 is 10.0 Å². The Hall–Kier alpha value is -0.570. The van der Waals surface area contributed by atoms with Crippen molar-refractivity contribution in [1.29, 1.82) is 0 Å². The largest absolute Gasteiger partial charge is 0.371 e. The lowest BCUT2D eigenvalue weighted by molar-refractivity contribution is -0.138. The van der Waals surface area contributed by atoms with Crippen LogP contribution in [0.15, 0.2) is 0 Å². The summed E-state index contributed by atoms with van der Waals surface area (Å²) in [6.07, 6.45) is 1.03. The molecule has 0 saturated carbocycles. The van der Waals surface area contributed by atoms with Crippen molar-refractivity contribution in [2.24, 2.45) is 0 Å². The molecule has 52 valence electrons. The molecule has 0 radical (unpaired) electrons. The fourth-order valence-corrected chi connectivity index (χ4v) is 0.948. The number of aliphatic hydroxyl groups is 1. The zero-order valence-corrected chi connectivity index (χ0v) is 5.72. The van der Waals surface area contributed by atoms with Crippen LogP contribution in [0.25, 0.3) is 0 Å². The van der Waals surface area contributed by atoms with Gasteiger partial charge in [-0.05, 0) is 6.92 Å². The van der Waals surface area contributed by atoms with Gasteiger partial charge in [0.2, 0.25) is 5.91 Å². The predicted octanol–water partition coefficient (Wildman–Crippen LogP) is -0.0529. The molecule has 0 aromatic heterocycles. The number of rotatable bonds is 0. The fourth-order valence-electron chi connectivity index (χ4n) is 0.948. The summed E-state index contributed by atoms with van der Waals surface area (Å²) in [7, 11) is 1.62. The third-order valence-corrected chi connectivity index (χ3v) is 1.91. The van der Waals surface area contributed by atoms with E-state index in [4.69, 9.17) is 0 Å². The van der Waals surface area contributed by atoms with Crippen molar-refractivity contribution in [2.45, 2.75) is 25.5 Å². The molecule has 0 aliphatic carbocycles. The molecule has 1 heterocycles.